The van der Waals surface area contributed by atoms with Gasteiger partial charge in [-0.05, 0) is 30.2 Å². The van der Waals surface area contributed by atoms with Crippen molar-refractivity contribution in [1.82, 2.24) is 4.41 Å². The highest BCUT2D eigenvalue weighted by Gasteiger charge is 2.37. The average molecular weight is 440 g/mol. The van der Waals surface area contributed by atoms with Crippen molar-refractivity contribution in [1.29, 1.82) is 0 Å². The van der Waals surface area contributed by atoms with E-state index in [-0.39, 0.29) is 17.7 Å². The molecule has 0 spiro atoms. The van der Waals surface area contributed by atoms with E-state index in [2.05, 4.69) is 9.82 Å². The van der Waals surface area contributed by atoms with Gasteiger partial charge in [0.1, 0.15) is 5.82 Å². The Kier molecular flexibility index (Phi) is 5.95. The van der Waals surface area contributed by atoms with Crippen LogP contribution in [0.4, 0.5) is 10.1 Å². The number of halogens is 1. The van der Waals surface area contributed by atoms with Gasteiger partial charge in [0.25, 0.3) is 0 Å². The van der Waals surface area contributed by atoms with Crippen LogP contribution >= 0.6 is 0 Å². The topological polar surface area (TPSA) is 95.9 Å². The Bertz CT molecular complexity index is 1130. The summed E-state index contributed by atoms with van der Waals surface area (Å²) in [7, 11) is -7.11. The number of anilines is 1. The van der Waals surface area contributed by atoms with Crippen LogP contribution in [0.5, 0.6) is 0 Å². The summed E-state index contributed by atoms with van der Waals surface area (Å²) in [6.45, 7) is 1.75. The Morgan fingerprint density at radius 3 is 2.34 bits per heavy atom. The molecule has 1 heterocycles. The van der Waals surface area contributed by atoms with Crippen molar-refractivity contribution in [3.8, 4) is 0 Å². The largest absolute Gasteiger partial charge is 0.284 e. The fourth-order valence-corrected chi connectivity index (χ4v) is 5.26. The summed E-state index contributed by atoms with van der Waals surface area (Å²) in [5, 5.41) is 4.31. The van der Waals surface area contributed by atoms with Gasteiger partial charge in [0, 0.05) is 17.7 Å². The molecule has 2 aromatic rings. The summed E-state index contributed by atoms with van der Waals surface area (Å²) < 4.78 is 65.9. The number of hydrogen-bond donors (Lipinski definition) is 1. The lowest BCUT2D eigenvalue weighted by atomic mass is 9.99. The number of hydrogen-bond acceptors (Lipinski definition) is 5. The van der Waals surface area contributed by atoms with Gasteiger partial charge in [0.2, 0.25) is 20.0 Å². The van der Waals surface area contributed by atoms with E-state index in [0.717, 1.165) is 10.7 Å². The smallest absolute Gasteiger partial charge is 0.250 e. The third-order valence-electron chi connectivity index (χ3n) is 4.41. The van der Waals surface area contributed by atoms with E-state index in [0.29, 0.717) is 23.4 Å². The lowest BCUT2D eigenvalue weighted by Crippen LogP contribution is -2.29. The minimum absolute atomic E-state index is 0.0913. The minimum atomic E-state index is -3.71. The fraction of sp³-hybridized carbons (Fsp3) is 0.316. The molecule has 1 aliphatic rings. The zero-order valence-corrected chi connectivity index (χ0v) is 17.7. The first-order valence-corrected chi connectivity index (χ1v) is 12.5. The maximum absolute atomic E-state index is 14.4. The zero-order chi connectivity index (χ0) is 21.2. The number of benzene rings is 2. The van der Waals surface area contributed by atoms with Crippen LogP contribution in [0.1, 0.15) is 36.9 Å². The molecular weight excluding hydrogens is 417 g/mol. The van der Waals surface area contributed by atoms with E-state index in [4.69, 9.17) is 0 Å². The average Bonchev–Trinajstić information content (AvgIpc) is 3.07. The van der Waals surface area contributed by atoms with Gasteiger partial charge in [-0.25, -0.2) is 21.2 Å². The highest BCUT2D eigenvalue weighted by atomic mass is 32.2. The Hall–Kier alpha value is -2.46. The molecule has 10 heteroatoms. The SMILES string of the molecule is CCCS(=O)(=O)N1N=C(c2ccc(NS(C)(=O)=O)cc2)CC1c1ccccc1F. The third kappa shape index (κ3) is 4.94. The third-order valence-corrected chi connectivity index (χ3v) is 6.84. The molecule has 0 fully saturated rings. The van der Waals surface area contributed by atoms with Crippen LogP contribution in [0.15, 0.2) is 53.6 Å². The van der Waals surface area contributed by atoms with Crippen molar-refractivity contribution in [3.63, 3.8) is 0 Å². The van der Waals surface area contributed by atoms with Crippen molar-refractivity contribution in [2.45, 2.75) is 25.8 Å². The van der Waals surface area contributed by atoms with Gasteiger partial charge in [0.05, 0.1) is 23.8 Å². The number of sulfonamides is 2. The molecule has 2 aromatic carbocycles. The highest BCUT2D eigenvalue weighted by molar-refractivity contribution is 7.92. The van der Waals surface area contributed by atoms with Gasteiger partial charge in [-0.15, -0.1) is 0 Å². The van der Waals surface area contributed by atoms with Gasteiger partial charge >= 0.3 is 0 Å². The second-order valence-corrected chi connectivity index (χ2v) is 10.5. The number of nitrogens with zero attached hydrogens (tertiary/aromatic N) is 2. The maximum atomic E-state index is 14.4. The van der Waals surface area contributed by atoms with Gasteiger partial charge in [-0.3, -0.25) is 4.72 Å². The molecule has 3 rings (SSSR count). The quantitative estimate of drug-likeness (QED) is 0.717. The van der Waals surface area contributed by atoms with E-state index >= 15 is 0 Å². The second-order valence-electron chi connectivity index (χ2n) is 6.83. The summed E-state index contributed by atoms with van der Waals surface area (Å²) in [5.74, 6) is -0.579. The van der Waals surface area contributed by atoms with Crippen LogP contribution in [0.25, 0.3) is 0 Å². The minimum Gasteiger partial charge on any atom is -0.284 e. The maximum Gasteiger partial charge on any atom is 0.250 e. The molecule has 0 radical (unpaired) electrons. The van der Waals surface area contributed by atoms with E-state index in [9.17, 15) is 21.2 Å². The second kappa shape index (κ2) is 8.11. The summed E-state index contributed by atoms with van der Waals surface area (Å²) in [6, 6.07) is 11.7. The summed E-state index contributed by atoms with van der Waals surface area (Å²) in [5.41, 5.74) is 1.78. The molecule has 0 saturated carbocycles. The van der Waals surface area contributed by atoms with Crippen LogP contribution in [-0.2, 0) is 20.0 Å². The van der Waals surface area contributed by atoms with Crippen LogP contribution in [-0.4, -0.2) is 39.0 Å². The van der Waals surface area contributed by atoms with E-state index < -0.39 is 31.9 Å². The molecule has 1 aliphatic heterocycles. The van der Waals surface area contributed by atoms with E-state index in [1.807, 2.05) is 0 Å². The van der Waals surface area contributed by atoms with Crippen LogP contribution in [0, 0.1) is 5.82 Å². The lowest BCUT2D eigenvalue weighted by molar-refractivity contribution is 0.362. The van der Waals surface area contributed by atoms with Crippen molar-refractivity contribution < 1.29 is 21.2 Å². The Morgan fingerprint density at radius 1 is 1.10 bits per heavy atom. The first kappa shape index (κ1) is 21.3. The monoisotopic (exact) mass is 439 g/mol. The molecule has 1 atom stereocenters. The zero-order valence-electron chi connectivity index (χ0n) is 16.0. The molecule has 29 heavy (non-hydrogen) atoms. The Morgan fingerprint density at radius 2 is 1.76 bits per heavy atom. The normalized spacial score (nSPS) is 17.3. The molecular formula is C19H22FN3O4S2. The molecule has 0 saturated heterocycles. The van der Waals surface area contributed by atoms with Crippen molar-refractivity contribution in [3.05, 3.63) is 65.5 Å². The van der Waals surface area contributed by atoms with Crippen LogP contribution in [0.3, 0.4) is 0 Å². The van der Waals surface area contributed by atoms with Gasteiger partial charge in [-0.2, -0.15) is 9.52 Å². The Balaban J connectivity index is 1.97. The number of nitrogens with one attached hydrogen (secondary N) is 1. The molecule has 0 bridgehead atoms. The summed E-state index contributed by atoms with van der Waals surface area (Å²) >= 11 is 0. The lowest BCUT2D eigenvalue weighted by Gasteiger charge is -2.23. The van der Waals surface area contributed by atoms with Gasteiger partial charge in [-0.1, -0.05) is 37.3 Å². The Labute approximate surface area is 170 Å². The van der Waals surface area contributed by atoms with Crippen molar-refractivity contribution in [2.75, 3.05) is 16.7 Å². The molecule has 7 nitrogen and oxygen atoms in total. The van der Waals surface area contributed by atoms with Gasteiger partial charge < -0.3 is 0 Å². The molecule has 0 amide bonds. The first-order chi connectivity index (χ1) is 13.6. The highest BCUT2D eigenvalue weighted by Crippen LogP contribution is 2.36. The molecule has 0 aromatic heterocycles. The first-order valence-electron chi connectivity index (χ1n) is 9.03. The van der Waals surface area contributed by atoms with Crippen molar-refractivity contribution in [2.24, 2.45) is 5.10 Å². The molecule has 0 aliphatic carbocycles. The molecule has 156 valence electrons. The van der Waals surface area contributed by atoms with Gasteiger partial charge in [0.15, 0.2) is 0 Å². The predicted molar refractivity (Wildman–Crippen MR) is 111 cm³/mol. The summed E-state index contributed by atoms with van der Waals surface area (Å²) in [6.07, 6.45) is 1.68. The standard InChI is InChI=1S/C19H22FN3O4S2/c1-3-12-29(26,27)23-19(16-6-4-5-7-17(16)20)13-18(21-23)14-8-10-15(11-9-14)22-28(2,24)25/h4-11,19,22H,3,12-13H2,1-2H3. The number of rotatable bonds is 7. The predicted octanol–water partition coefficient (Wildman–Crippen LogP) is 3.09. The van der Waals surface area contributed by atoms with Crippen LogP contribution < -0.4 is 4.72 Å². The van der Waals surface area contributed by atoms with Crippen LogP contribution in [0.2, 0.25) is 0 Å². The summed E-state index contributed by atoms with van der Waals surface area (Å²) in [4.78, 5) is 0. The number of hydrazone groups is 1. The van der Waals surface area contributed by atoms with Crippen molar-refractivity contribution >= 4 is 31.4 Å². The molecule has 1 unspecified atom stereocenters. The van der Waals surface area contributed by atoms with E-state index in [1.54, 1.807) is 49.4 Å². The molecule has 1 N–H and O–H groups in total. The van der Waals surface area contributed by atoms with E-state index in [1.165, 1.54) is 6.07 Å². The fourth-order valence-electron chi connectivity index (χ4n) is 3.19.